The van der Waals surface area contributed by atoms with E-state index in [1.807, 2.05) is 78.9 Å². The van der Waals surface area contributed by atoms with Crippen LogP contribution in [0, 0.1) is 18.3 Å². The second-order valence-electron chi connectivity index (χ2n) is 7.46. The fourth-order valence-corrected chi connectivity index (χ4v) is 4.44. The highest BCUT2D eigenvalue weighted by atomic mass is 16.5. The molecule has 1 aliphatic rings. The molecular weight excluding hydrogens is 368 g/mol. The maximum absolute atomic E-state index is 10.1. The fraction of sp³-hybridized carbons (Fsp3) is 0.0741. The molecule has 0 radical (unpaired) electrons. The Morgan fingerprint density at radius 1 is 0.833 bits per heavy atom. The number of benzene rings is 4. The van der Waals surface area contributed by atoms with Crippen molar-refractivity contribution in [3.63, 3.8) is 0 Å². The number of para-hydroxylation sites is 1. The molecule has 1 unspecified atom stereocenters. The predicted octanol–water partition coefficient (Wildman–Crippen LogP) is 6.26. The van der Waals surface area contributed by atoms with E-state index in [4.69, 9.17) is 10.5 Å². The van der Waals surface area contributed by atoms with Gasteiger partial charge in [-0.2, -0.15) is 5.26 Å². The van der Waals surface area contributed by atoms with E-state index in [-0.39, 0.29) is 6.10 Å². The summed E-state index contributed by atoms with van der Waals surface area (Å²) in [5.41, 5.74) is 14.5. The molecular formula is C27H20N2O. The van der Waals surface area contributed by atoms with Crippen LogP contribution in [0.5, 0.6) is 5.75 Å². The first-order valence-corrected chi connectivity index (χ1v) is 9.93. The first-order valence-electron chi connectivity index (χ1n) is 9.93. The van der Waals surface area contributed by atoms with Crippen LogP contribution in [0.1, 0.15) is 28.4 Å². The first-order chi connectivity index (χ1) is 14.7. The molecule has 3 heteroatoms. The molecule has 144 valence electrons. The van der Waals surface area contributed by atoms with E-state index in [0.717, 1.165) is 44.7 Å². The monoisotopic (exact) mass is 388 g/mol. The largest absolute Gasteiger partial charge is 0.480 e. The van der Waals surface area contributed by atoms with Crippen molar-refractivity contribution in [3.05, 3.63) is 107 Å². The summed E-state index contributed by atoms with van der Waals surface area (Å²) in [6.07, 6.45) is -0.369. The number of nitrogens with zero attached hydrogens (tertiary/aromatic N) is 1. The van der Waals surface area contributed by atoms with Crippen molar-refractivity contribution in [1.29, 1.82) is 5.26 Å². The molecule has 30 heavy (non-hydrogen) atoms. The van der Waals surface area contributed by atoms with Crippen molar-refractivity contribution < 1.29 is 4.74 Å². The Balaban J connectivity index is 1.90. The number of rotatable bonds is 2. The van der Waals surface area contributed by atoms with Crippen LogP contribution in [0.2, 0.25) is 0 Å². The Labute approximate surface area is 176 Å². The van der Waals surface area contributed by atoms with Gasteiger partial charge >= 0.3 is 0 Å². The number of anilines is 1. The standard InChI is InChI=1S/C27H20N2O/c1-17-23(18-10-4-2-5-11-18)21(16-28)26(29)25-24(17)20-14-8-9-15-22(20)30-27(25)19-12-6-3-7-13-19/h2-15,27H,29H2,1H3. The van der Waals surface area contributed by atoms with Crippen LogP contribution >= 0.6 is 0 Å². The normalized spacial score (nSPS) is 14.2. The maximum atomic E-state index is 10.1. The fourth-order valence-electron chi connectivity index (χ4n) is 4.44. The van der Waals surface area contributed by atoms with E-state index in [9.17, 15) is 5.26 Å². The first kappa shape index (κ1) is 18.0. The molecule has 3 nitrogen and oxygen atoms in total. The van der Waals surface area contributed by atoms with Gasteiger partial charge in [-0.1, -0.05) is 78.9 Å². The van der Waals surface area contributed by atoms with Gasteiger partial charge < -0.3 is 10.5 Å². The summed E-state index contributed by atoms with van der Waals surface area (Å²) in [7, 11) is 0. The van der Waals surface area contributed by atoms with Gasteiger partial charge in [-0.25, -0.2) is 0 Å². The average Bonchev–Trinajstić information content (AvgIpc) is 2.81. The summed E-state index contributed by atoms with van der Waals surface area (Å²) < 4.78 is 6.44. The van der Waals surface area contributed by atoms with Crippen LogP contribution in [0.15, 0.2) is 84.9 Å². The molecule has 2 N–H and O–H groups in total. The zero-order valence-electron chi connectivity index (χ0n) is 16.6. The van der Waals surface area contributed by atoms with Crippen LogP contribution in [0.4, 0.5) is 5.69 Å². The molecule has 1 aliphatic heterocycles. The molecule has 0 saturated carbocycles. The average molecular weight is 388 g/mol. The molecule has 4 aromatic rings. The van der Waals surface area contributed by atoms with Gasteiger partial charge in [0, 0.05) is 16.7 Å². The minimum Gasteiger partial charge on any atom is -0.480 e. The third kappa shape index (κ3) is 2.66. The lowest BCUT2D eigenvalue weighted by molar-refractivity contribution is 0.244. The van der Waals surface area contributed by atoms with E-state index < -0.39 is 0 Å². The third-order valence-electron chi connectivity index (χ3n) is 5.77. The highest BCUT2D eigenvalue weighted by Gasteiger charge is 2.33. The summed E-state index contributed by atoms with van der Waals surface area (Å²) in [4.78, 5) is 0. The number of hydrogen-bond donors (Lipinski definition) is 1. The molecule has 0 fully saturated rings. The maximum Gasteiger partial charge on any atom is 0.152 e. The highest BCUT2D eigenvalue weighted by molar-refractivity contribution is 5.93. The van der Waals surface area contributed by atoms with Gasteiger partial charge in [0.1, 0.15) is 11.8 Å². The molecule has 5 rings (SSSR count). The van der Waals surface area contributed by atoms with E-state index in [0.29, 0.717) is 11.3 Å². The Hall–Kier alpha value is -4.03. The number of hydrogen-bond acceptors (Lipinski definition) is 3. The highest BCUT2D eigenvalue weighted by Crippen LogP contribution is 2.51. The molecule has 0 aromatic heterocycles. The van der Waals surface area contributed by atoms with Crippen molar-refractivity contribution in [2.45, 2.75) is 13.0 Å². The van der Waals surface area contributed by atoms with Gasteiger partial charge in [0.05, 0.1) is 11.3 Å². The van der Waals surface area contributed by atoms with Crippen LogP contribution in [-0.2, 0) is 0 Å². The smallest absolute Gasteiger partial charge is 0.152 e. The minimum atomic E-state index is -0.369. The zero-order chi connectivity index (χ0) is 20.7. The van der Waals surface area contributed by atoms with Gasteiger partial charge in [-0.15, -0.1) is 0 Å². The number of nitriles is 1. The number of nitrogen functional groups attached to an aromatic ring is 1. The molecule has 1 atom stereocenters. The lowest BCUT2D eigenvalue weighted by Crippen LogP contribution is -2.19. The topological polar surface area (TPSA) is 59.0 Å². The van der Waals surface area contributed by atoms with E-state index in [2.05, 4.69) is 19.1 Å². The van der Waals surface area contributed by atoms with Crippen molar-refractivity contribution in [2.24, 2.45) is 0 Å². The SMILES string of the molecule is Cc1c(-c2ccccc2)c(C#N)c(N)c2c1-c1ccccc1OC2c1ccccc1. The third-order valence-corrected chi connectivity index (χ3v) is 5.77. The predicted molar refractivity (Wildman–Crippen MR) is 120 cm³/mol. The summed E-state index contributed by atoms with van der Waals surface area (Å²) in [5.74, 6) is 0.824. The summed E-state index contributed by atoms with van der Waals surface area (Å²) in [5, 5.41) is 10.1. The zero-order valence-corrected chi connectivity index (χ0v) is 16.6. The second-order valence-corrected chi connectivity index (χ2v) is 7.46. The number of ether oxygens (including phenoxy) is 1. The number of nitrogens with two attached hydrogens (primary N) is 1. The molecule has 0 aliphatic carbocycles. The van der Waals surface area contributed by atoms with Gasteiger partial charge in [-0.3, -0.25) is 0 Å². The quantitative estimate of drug-likeness (QED) is 0.412. The van der Waals surface area contributed by atoms with Crippen molar-refractivity contribution >= 4 is 5.69 Å². The van der Waals surface area contributed by atoms with E-state index >= 15 is 0 Å². The van der Waals surface area contributed by atoms with Gasteiger partial charge in [0.2, 0.25) is 0 Å². The number of fused-ring (bicyclic) bond motifs is 3. The second kappa shape index (κ2) is 7.09. The Bertz CT molecular complexity index is 1290. The molecule has 0 amide bonds. The van der Waals surface area contributed by atoms with E-state index in [1.165, 1.54) is 0 Å². The van der Waals surface area contributed by atoms with Crippen LogP contribution in [-0.4, -0.2) is 0 Å². The van der Waals surface area contributed by atoms with Crippen molar-refractivity contribution in [1.82, 2.24) is 0 Å². The van der Waals surface area contributed by atoms with Crippen LogP contribution in [0.25, 0.3) is 22.3 Å². The lowest BCUT2D eigenvalue weighted by Gasteiger charge is -2.33. The van der Waals surface area contributed by atoms with Gasteiger partial charge in [-0.05, 0) is 35.2 Å². The van der Waals surface area contributed by atoms with Crippen molar-refractivity contribution in [2.75, 3.05) is 5.73 Å². The Morgan fingerprint density at radius 2 is 1.47 bits per heavy atom. The van der Waals surface area contributed by atoms with Gasteiger partial charge in [0.15, 0.2) is 6.10 Å². The molecule has 4 aromatic carbocycles. The minimum absolute atomic E-state index is 0.369. The molecule has 0 spiro atoms. The van der Waals surface area contributed by atoms with Crippen molar-refractivity contribution in [3.8, 4) is 34.1 Å². The van der Waals surface area contributed by atoms with E-state index in [1.54, 1.807) is 0 Å². The van der Waals surface area contributed by atoms with Crippen LogP contribution in [0.3, 0.4) is 0 Å². The Morgan fingerprint density at radius 3 is 2.17 bits per heavy atom. The van der Waals surface area contributed by atoms with Gasteiger partial charge in [0.25, 0.3) is 0 Å². The Kier molecular flexibility index (Phi) is 4.26. The van der Waals surface area contributed by atoms with Crippen LogP contribution < -0.4 is 10.5 Å². The lowest BCUT2D eigenvalue weighted by atomic mass is 9.80. The molecule has 1 heterocycles. The summed E-state index contributed by atoms with van der Waals surface area (Å²) in [6, 6.07) is 30.4. The summed E-state index contributed by atoms with van der Waals surface area (Å²) >= 11 is 0. The molecule has 0 bridgehead atoms. The molecule has 0 saturated heterocycles. The summed E-state index contributed by atoms with van der Waals surface area (Å²) in [6.45, 7) is 2.07.